The normalized spacial score (nSPS) is 11.3. The maximum absolute atomic E-state index is 11.8. The first-order valence-electron chi connectivity index (χ1n) is 6.56. The van der Waals surface area contributed by atoms with Gasteiger partial charge in [0, 0.05) is 17.8 Å². The highest BCUT2D eigenvalue weighted by Crippen LogP contribution is 2.30. The molecule has 1 aromatic heterocycles. The molecule has 106 valence electrons. The van der Waals surface area contributed by atoms with E-state index in [0.29, 0.717) is 19.4 Å². The lowest BCUT2D eigenvalue weighted by Gasteiger charge is -2.25. The third kappa shape index (κ3) is 4.35. The Bertz CT molecular complexity index is 410. The minimum Gasteiger partial charge on any atom is -0.481 e. The summed E-state index contributed by atoms with van der Waals surface area (Å²) in [4.78, 5) is 24.4. The third-order valence-electron chi connectivity index (χ3n) is 3.58. The van der Waals surface area contributed by atoms with E-state index in [2.05, 4.69) is 5.32 Å². The summed E-state index contributed by atoms with van der Waals surface area (Å²) in [5.74, 6) is -1.06. The second-order valence-corrected chi connectivity index (χ2v) is 5.68. The average molecular weight is 283 g/mol. The van der Waals surface area contributed by atoms with E-state index in [9.17, 15) is 14.7 Å². The molecule has 0 bridgehead atoms. The largest absolute Gasteiger partial charge is 0.481 e. The van der Waals surface area contributed by atoms with Crippen LogP contribution >= 0.6 is 11.3 Å². The fourth-order valence-corrected chi connectivity index (χ4v) is 2.74. The Balaban J connectivity index is 2.43. The van der Waals surface area contributed by atoms with Crippen molar-refractivity contribution in [3.8, 4) is 0 Å². The maximum Gasteiger partial charge on any atom is 0.310 e. The SMILES string of the molecule is CCC(CC)(CC(=O)NCCc1cccs1)C(=O)O. The minimum atomic E-state index is -0.924. The fraction of sp³-hybridized carbons (Fsp3) is 0.571. The van der Waals surface area contributed by atoms with E-state index < -0.39 is 11.4 Å². The lowest BCUT2D eigenvalue weighted by Crippen LogP contribution is -2.37. The zero-order valence-corrected chi connectivity index (χ0v) is 12.3. The summed E-state index contributed by atoms with van der Waals surface area (Å²) in [5, 5.41) is 14.1. The highest BCUT2D eigenvalue weighted by Gasteiger charge is 2.36. The third-order valence-corrected chi connectivity index (χ3v) is 4.52. The number of nitrogens with one attached hydrogen (secondary N) is 1. The van der Waals surface area contributed by atoms with Crippen LogP contribution in [0, 0.1) is 5.41 Å². The molecule has 0 radical (unpaired) electrons. The highest BCUT2D eigenvalue weighted by molar-refractivity contribution is 7.09. The van der Waals surface area contributed by atoms with Gasteiger partial charge in [0.25, 0.3) is 0 Å². The quantitative estimate of drug-likeness (QED) is 0.771. The van der Waals surface area contributed by atoms with Crippen LogP contribution in [0.1, 0.15) is 38.0 Å². The van der Waals surface area contributed by atoms with Crippen molar-refractivity contribution in [2.24, 2.45) is 5.41 Å². The van der Waals surface area contributed by atoms with E-state index >= 15 is 0 Å². The standard InChI is InChI=1S/C14H21NO3S/c1-3-14(4-2,13(17)18)10-12(16)15-8-7-11-6-5-9-19-11/h5-6,9H,3-4,7-8,10H2,1-2H3,(H,15,16)(H,17,18). The van der Waals surface area contributed by atoms with Gasteiger partial charge in [-0.1, -0.05) is 19.9 Å². The van der Waals surface area contributed by atoms with Gasteiger partial charge in [-0.2, -0.15) is 0 Å². The van der Waals surface area contributed by atoms with E-state index in [1.807, 2.05) is 31.4 Å². The molecular formula is C14H21NO3S. The summed E-state index contributed by atoms with van der Waals surface area (Å²) in [6.07, 6.45) is 1.79. The number of hydrogen-bond acceptors (Lipinski definition) is 3. The van der Waals surface area contributed by atoms with Gasteiger partial charge in [0.1, 0.15) is 0 Å². The first-order chi connectivity index (χ1) is 9.04. The minimum absolute atomic E-state index is 0.0553. The molecule has 19 heavy (non-hydrogen) atoms. The summed E-state index contributed by atoms with van der Waals surface area (Å²) < 4.78 is 0. The van der Waals surface area contributed by atoms with Gasteiger partial charge in [-0.15, -0.1) is 11.3 Å². The number of rotatable bonds is 8. The molecule has 5 heteroatoms. The number of amides is 1. The zero-order chi connectivity index (χ0) is 14.3. The van der Waals surface area contributed by atoms with E-state index in [4.69, 9.17) is 0 Å². The summed E-state index contributed by atoms with van der Waals surface area (Å²) >= 11 is 1.66. The lowest BCUT2D eigenvalue weighted by molar-refractivity contribution is -0.152. The first-order valence-corrected chi connectivity index (χ1v) is 7.44. The number of hydrogen-bond donors (Lipinski definition) is 2. The smallest absolute Gasteiger partial charge is 0.310 e. The van der Waals surface area contributed by atoms with E-state index in [1.54, 1.807) is 11.3 Å². The van der Waals surface area contributed by atoms with E-state index in [-0.39, 0.29) is 12.3 Å². The molecule has 1 aromatic rings. The molecule has 0 aliphatic carbocycles. The van der Waals surface area contributed by atoms with Crippen molar-refractivity contribution >= 4 is 23.2 Å². The zero-order valence-electron chi connectivity index (χ0n) is 11.4. The van der Waals surface area contributed by atoms with Crippen LogP contribution in [0.15, 0.2) is 17.5 Å². The number of carboxylic acid groups (broad SMARTS) is 1. The van der Waals surface area contributed by atoms with Crippen LogP contribution in [-0.2, 0) is 16.0 Å². The predicted molar refractivity (Wildman–Crippen MR) is 76.3 cm³/mol. The molecule has 0 aliphatic heterocycles. The lowest BCUT2D eigenvalue weighted by atomic mass is 9.79. The van der Waals surface area contributed by atoms with Gasteiger partial charge in [0.05, 0.1) is 5.41 Å². The molecule has 0 unspecified atom stereocenters. The van der Waals surface area contributed by atoms with Crippen molar-refractivity contribution < 1.29 is 14.7 Å². The molecule has 1 heterocycles. The molecule has 2 N–H and O–H groups in total. The summed E-state index contributed by atoms with van der Waals surface area (Å²) in [6, 6.07) is 4.00. The van der Waals surface area contributed by atoms with Gasteiger partial charge in [-0.25, -0.2) is 0 Å². The molecule has 0 fully saturated rings. The van der Waals surface area contributed by atoms with Gasteiger partial charge in [0.2, 0.25) is 5.91 Å². The van der Waals surface area contributed by atoms with Crippen molar-refractivity contribution in [3.05, 3.63) is 22.4 Å². The number of carbonyl (C=O) groups excluding carboxylic acids is 1. The number of carbonyl (C=O) groups is 2. The Hall–Kier alpha value is -1.36. The molecular weight excluding hydrogens is 262 g/mol. The Kier molecular flexibility index (Phi) is 6.02. The summed E-state index contributed by atoms with van der Waals surface area (Å²) in [6.45, 7) is 4.19. The van der Waals surface area contributed by atoms with Gasteiger partial charge in [0.15, 0.2) is 0 Å². The second-order valence-electron chi connectivity index (χ2n) is 4.65. The monoisotopic (exact) mass is 283 g/mol. The Labute approximate surface area is 117 Å². The summed E-state index contributed by atoms with van der Waals surface area (Å²) in [7, 11) is 0. The fourth-order valence-electron chi connectivity index (χ4n) is 2.03. The van der Waals surface area contributed by atoms with E-state index in [0.717, 1.165) is 6.42 Å². The number of aliphatic carboxylic acids is 1. The maximum atomic E-state index is 11.8. The van der Waals surface area contributed by atoms with Gasteiger partial charge in [-0.05, 0) is 30.7 Å². The van der Waals surface area contributed by atoms with Crippen LogP contribution in [0.5, 0.6) is 0 Å². The van der Waals surface area contributed by atoms with Crippen molar-refractivity contribution in [3.63, 3.8) is 0 Å². The molecule has 0 aromatic carbocycles. The molecule has 1 amide bonds. The van der Waals surface area contributed by atoms with Crippen LogP contribution in [0.25, 0.3) is 0 Å². The molecule has 4 nitrogen and oxygen atoms in total. The van der Waals surface area contributed by atoms with Crippen LogP contribution in [0.2, 0.25) is 0 Å². The Morgan fingerprint density at radius 3 is 2.53 bits per heavy atom. The highest BCUT2D eigenvalue weighted by atomic mass is 32.1. The summed E-state index contributed by atoms with van der Waals surface area (Å²) in [5.41, 5.74) is -0.924. The van der Waals surface area contributed by atoms with E-state index in [1.165, 1.54) is 4.88 Å². The molecule has 0 spiro atoms. The van der Waals surface area contributed by atoms with Gasteiger partial charge in [-0.3, -0.25) is 9.59 Å². The molecule has 0 saturated carbocycles. The van der Waals surface area contributed by atoms with Gasteiger partial charge < -0.3 is 10.4 Å². The number of carboxylic acids is 1. The van der Waals surface area contributed by atoms with Crippen LogP contribution in [0.3, 0.4) is 0 Å². The number of thiophene rings is 1. The van der Waals surface area contributed by atoms with Crippen molar-refractivity contribution in [2.45, 2.75) is 39.5 Å². The Morgan fingerprint density at radius 1 is 1.37 bits per heavy atom. The molecule has 0 saturated heterocycles. The van der Waals surface area contributed by atoms with Crippen LogP contribution in [0.4, 0.5) is 0 Å². The molecule has 1 rings (SSSR count). The van der Waals surface area contributed by atoms with Crippen molar-refractivity contribution in [2.75, 3.05) is 6.54 Å². The molecule has 0 aliphatic rings. The second kappa shape index (κ2) is 7.28. The predicted octanol–water partition coefficient (Wildman–Crippen LogP) is 2.69. The average Bonchev–Trinajstić information content (AvgIpc) is 2.89. The van der Waals surface area contributed by atoms with Crippen LogP contribution < -0.4 is 5.32 Å². The first kappa shape index (κ1) is 15.7. The van der Waals surface area contributed by atoms with Crippen molar-refractivity contribution in [1.29, 1.82) is 0 Å². The van der Waals surface area contributed by atoms with Crippen molar-refractivity contribution in [1.82, 2.24) is 5.32 Å². The Morgan fingerprint density at radius 2 is 2.05 bits per heavy atom. The molecule has 0 atom stereocenters. The topological polar surface area (TPSA) is 66.4 Å². The van der Waals surface area contributed by atoms with Crippen LogP contribution in [-0.4, -0.2) is 23.5 Å². The van der Waals surface area contributed by atoms with Gasteiger partial charge >= 0.3 is 5.97 Å².